The maximum atomic E-state index is 13.8. The van der Waals surface area contributed by atoms with Gasteiger partial charge in [-0.3, -0.25) is 13.9 Å². The number of carbonyl (C=O) groups is 2. The molecule has 0 radical (unpaired) electrons. The third kappa shape index (κ3) is 6.83. The third-order valence-electron chi connectivity index (χ3n) is 6.00. The Kier molecular flexibility index (Phi) is 9.23. The van der Waals surface area contributed by atoms with Gasteiger partial charge >= 0.3 is 0 Å². The van der Waals surface area contributed by atoms with E-state index in [2.05, 4.69) is 5.32 Å². The maximum Gasteiger partial charge on any atom is 0.264 e. The van der Waals surface area contributed by atoms with Crippen LogP contribution in [-0.2, 0) is 26.2 Å². The zero-order valence-electron chi connectivity index (χ0n) is 21.0. The molecule has 0 saturated carbocycles. The third-order valence-corrected chi connectivity index (χ3v) is 8.26. The Labute approximate surface area is 228 Å². The van der Waals surface area contributed by atoms with Crippen LogP contribution in [0.15, 0.2) is 71.6 Å². The summed E-state index contributed by atoms with van der Waals surface area (Å²) < 4.78 is 28.7. The number of rotatable bonds is 9. The molecule has 3 rings (SSSR count). The van der Waals surface area contributed by atoms with E-state index >= 15 is 0 Å². The summed E-state index contributed by atoms with van der Waals surface area (Å²) in [4.78, 5) is 27.7. The molecule has 0 unspecified atom stereocenters. The van der Waals surface area contributed by atoms with Crippen molar-refractivity contribution in [3.05, 3.63) is 93.5 Å². The van der Waals surface area contributed by atoms with Gasteiger partial charge in [0.1, 0.15) is 12.6 Å². The van der Waals surface area contributed by atoms with E-state index in [1.165, 1.54) is 24.1 Å². The maximum absolute atomic E-state index is 13.8. The van der Waals surface area contributed by atoms with E-state index in [0.29, 0.717) is 21.3 Å². The van der Waals surface area contributed by atoms with Gasteiger partial charge in [0.2, 0.25) is 11.8 Å². The fourth-order valence-corrected chi connectivity index (χ4v) is 5.66. The van der Waals surface area contributed by atoms with Crippen molar-refractivity contribution in [2.45, 2.75) is 38.3 Å². The molecule has 0 bridgehead atoms. The molecule has 10 heteroatoms. The number of hydrogen-bond acceptors (Lipinski definition) is 4. The number of anilines is 1. The average molecular weight is 563 g/mol. The van der Waals surface area contributed by atoms with Gasteiger partial charge in [-0.1, -0.05) is 53.0 Å². The molecule has 3 aromatic rings. The van der Waals surface area contributed by atoms with Gasteiger partial charge in [0.15, 0.2) is 0 Å². The largest absolute Gasteiger partial charge is 0.357 e. The lowest BCUT2D eigenvalue weighted by Crippen LogP contribution is -2.50. The van der Waals surface area contributed by atoms with E-state index in [0.717, 1.165) is 15.4 Å². The number of hydrogen-bond donors (Lipinski definition) is 1. The molecule has 0 fully saturated rings. The molecule has 196 valence electrons. The normalized spacial score (nSPS) is 12.1. The van der Waals surface area contributed by atoms with Gasteiger partial charge in [-0.2, -0.15) is 0 Å². The minimum Gasteiger partial charge on any atom is -0.357 e. The Morgan fingerprint density at radius 1 is 0.919 bits per heavy atom. The quantitative estimate of drug-likeness (QED) is 0.399. The molecule has 1 N–H and O–H groups in total. The highest BCUT2D eigenvalue weighted by Crippen LogP contribution is 2.29. The predicted molar refractivity (Wildman–Crippen MR) is 147 cm³/mol. The molecule has 0 spiro atoms. The van der Waals surface area contributed by atoms with Crippen LogP contribution in [-0.4, -0.2) is 44.8 Å². The molecule has 7 nitrogen and oxygen atoms in total. The predicted octanol–water partition coefficient (Wildman–Crippen LogP) is 4.97. The van der Waals surface area contributed by atoms with E-state index in [4.69, 9.17) is 23.2 Å². The van der Waals surface area contributed by atoms with Crippen molar-refractivity contribution in [3.63, 3.8) is 0 Å². The lowest BCUT2D eigenvalue weighted by atomic mass is 10.1. The first-order valence-corrected chi connectivity index (χ1v) is 13.7. The summed E-state index contributed by atoms with van der Waals surface area (Å²) >= 11 is 12.1. The van der Waals surface area contributed by atoms with Crippen molar-refractivity contribution in [1.29, 1.82) is 0 Å². The van der Waals surface area contributed by atoms with Gasteiger partial charge in [-0.25, -0.2) is 8.42 Å². The Balaban J connectivity index is 2.06. The first-order valence-electron chi connectivity index (χ1n) is 11.5. The van der Waals surface area contributed by atoms with Crippen LogP contribution < -0.4 is 9.62 Å². The summed E-state index contributed by atoms with van der Waals surface area (Å²) in [6.45, 7) is 4.74. The van der Waals surface area contributed by atoms with Crippen LogP contribution in [0, 0.1) is 13.8 Å². The Hall–Kier alpha value is -3.07. The molecule has 0 aliphatic rings. The van der Waals surface area contributed by atoms with Gasteiger partial charge in [-0.05, 0) is 74.4 Å². The molecule has 0 saturated heterocycles. The number of amides is 2. The van der Waals surface area contributed by atoms with Crippen molar-refractivity contribution in [2.24, 2.45) is 0 Å². The van der Waals surface area contributed by atoms with Crippen molar-refractivity contribution >= 4 is 50.7 Å². The second-order valence-corrected chi connectivity index (χ2v) is 11.4. The zero-order valence-corrected chi connectivity index (χ0v) is 23.4. The van der Waals surface area contributed by atoms with Gasteiger partial charge in [-0.15, -0.1) is 0 Å². The Morgan fingerprint density at radius 2 is 1.51 bits per heavy atom. The number of likely N-dealkylation sites (N-methyl/N-ethyl adjacent to an activating group) is 1. The molecule has 37 heavy (non-hydrogen) atoms. The fraction of sp³-hybridized carbons (Fsp3) is 0.259. The first kappa shape index (κ1) is 28.5. The molecule has 0 aliphatic heterocycles. The summed E-state index contributed by atoms with van der Waals surface area (Å²) in [6, 6.07) is 17.2. The second-order valence-electron chi connectivity index (χ2n) is 8.69. The van der Waals surface area contributed by atoms with Crippen molar-refractivity contribution in [2.75, 3.05) is 17.9 Å². The minimum absolute atomic E-state index is 0.0452. The van der Waals surface area contributed by atoms with E-state index < -0.39 is 28.5 Å². The molecule has 2 amide bonds. The average Bonchev–Trinajstić information content (AvgIpc) is 2.86. The topological polar surface area (TPSA) is 86.8 Å². The van der Waals surface area contributed by atoms with E-state index in [9.17, 15) is 18.0 Å². The fourth-order valence-electron chi connectivity index (χ4n) is 3.83. The highest BCUT2D eigenvalue weighted by molar-refractivity contribution is 7.92. The van der Waals surface area contributed by atoms with Crippen molar-refractivity contribution in [1.82, 2.24) is 10.2 Å². The minimum atomic E-state index is -4.14. The van der Waals surface area contributed by atoms with Gasteiger partial charge in [0.05, 0.1) is 10.6 Å². The molecular formula is C27H29Cl2N3O4S. The summed E-state index contributed by atoms with van der Waals surface area (Å²) in [5, 5.41) is 3.54. The Bertz CT molecular complexity index is 1380. The summed E-state index contributed by atoms with van der Waals surface area (Å²) in [5.41, 5.74) is 2.54. The number of nitrogens with one attached hydrogen (secondary N) is 1. The van der Waals surface area contributed by atoms with E-state index in [-0.39, 0.29) is 17.3 Å². The van der Waals surface area contributed by atoms with Crippen LogP contribution in [0.1, 0.15) is 23.6 Å². The lowest BCUT2D eigenvalue weighted by Gasteiger charge is -2.32. The SMILES string of the molecule is CNC(=O)[C@H](C)N(Cc1ccc(Cl)cc1)C(=O)CN(c1ccc(Cl)cc1C)S(=O)(=O)c1ccc(C)cc1. The Morgan fingerprint density at radius 3 is 2.08 bits per heavy atom. The van der Waals surface area contributed by atoms with Crippen LogP contribution in [0.25, 0.3) is 0 Å². The molecule has 1 atom stereocenters. The second kappa shape index (κ2) is 12.0. The van der Waals surface area contributed by atoms with Crippen LogP contribution in [0.5, 0.6) is 0 Å². The highest BCUT2D eigenvalue weighted by atomic mass is 35.5. The standard InChI is InChI=1S/C27H29Cl2N3O4S/c1-18-5-12-24(13-6-18)37(35,36)32(25-14-11-23(29)15-19(25)2)17-26(33)31(20(3)27(34)30-4)16-21-7-9-22(28)10-8-21/h5-15,20H,16-17H2,1-4H3,(H,30,34)/t20-/m0/s1. The molecular weight excluding hydrogens is 533 g/mol. The summed E-state index contributed by atoms with van der Waals surface area (Å²) in [5.74, 6) is -0.922. The molecule has 0 aliphatic carbocycles. The van der Waals surface area contributed by atoms with Crippen LogP contribution in [0.4, 0.5) is 5.69 Å². The van der Waals surface area contributed by atoms with Crippen molar-refractivity contribution < 1.29 is 18.0 Å². The monoisotopic (exact) mass is 561 g/mol. The molecule has 0 aromatic heterocycles. The van der Waals surface area contributed by atoms with Crippen LogP contribution >= 0.6 is 23.2 Å². The molecule has 0 heterocycles. The number of nitrogens with zero attached hydrogens (tertiary/aromatic N) is 2. The highest BCUT2D eigenvalue weighted by Gasteiger charge is 2.33. The number of halogens is 2. The van der Waals surface area contributed by atoms with E-state index in [1.807, 2.05) is 6.92 Å². The van der Waals surface area contributed by atoms with E-state index in [1.54, 1.807) is 68.4 Å². The zero-order chi connectivity index (χ0) is 27.3. The first-order chi connectivity index (χ1) is 17.4. The number of benzene rings is 3. The van der Waals surface area contributed by atoms with Crippen LogP contribution in [0.2, 0.25) is 10.0 Å². The summed E-state index contributed by atoms with van der Waals surface area (Å²) in [6.07, 6.45) is 0. The number of sulfonamides is 1. The molecule has 3 aromatic carbocycles. The van der Waals surface area contributed by atoms with Gasteiger partial charge < -0.3 is 10.2 Å². The summed E-state index contributed by atoms with van der Waals surface area (Å²) in [7, 11) is -2.66. The van der Waals surface area contributed by atoms with Gasteiger partial charge in [0.25, 0.3) is 10.0 Å². The number of carbonyl (C=O) groups excluding carboxylic acids is 2. The van der Waals surface area contributed by atoms with Gasteiger partial charge in [0, 0.05) is 23.6 Å². The smallest absolute Gasteiger partial charge is 0.264 e. The number of aryl methyl sites for hydroxylation is 2. The lowest BCUT2D eigenvalue weighted by molar-refractivity contribution is -0.139. The van der Waals surface area contributed by atoms with Crippen molar-refractivity contribution in [3.8, 4) is 0 Å². The van der Waals surface area contributed by atoms with Crippen LogP contribution in [0.3, 0.4) is 0 Å².